The van der Waals surface area contributed by atoms with Gasteiger partial charge in [0.05, 0.1) is 17.1 Å². The molecule has 140 valence electrons. The van der Waals surface area contributed by atoms with E-state index in [1.165, 1.54) is 12.1 Å². The van der Waals surface area contributed by atoms with Crippen LogP contribution in [-0.4, -0.2) is 32.6 Å². The maximum Gasteiger partial charge on any atom is 0.335 e. The molecule has 27 heavy (non-hydrogen) atoms. The highest BCUT2D eigenvalue weighted by Gasteiger charge is 2.13. The number of hydrogen-bond acceptors (Lipinski definition) is 4. The predicted octanol–water partition coefficient (Wildman–Crippen LogP) is 3.29. The van der Waals surface area contributed by atoms with Crippen molar-refractivity contribution in [2.75, 3.05) is 13.2 Å². The fourth-order valence-corrected chi connectivity index (χ4v) is 3.71. The Morgan fingerprint density at radius 1 is 0.963 bits per heavy atom. The number of sulfonamides is 1. The first-order valence-electron chi connectivity index (χ1n) is 8.40. The molecule has 3 aromatic rings. The molecule has 3 rings (SSSR count). The van der Waals surface area contributed by atoms with Gasteiger partial charge in [-0.1, -0.05) is 36.4 Å². The summed E-state index contributed by atoms with van der Waals surface area (Å²) in [6, 6.07) is 18.7. The number of hydrogen-bond donors (Lipinski definition) is 2. The molecule has 0 heterocycles. The van der Waals surface area contributed by atoms with Crippen LogP contribution in [0.15, 0.2) is 71.6 Å². The van der Waals surface area contributed by atoms with Crippen LogP contribution < -0.4 is 9.46 Å². The van der Waals surface area contributed by atoms with Crippen molar-refractivity contribution in [1.29, 1.82) is 0 Å². The van der Waals surface area contributed by atoms with E-state index in [-0.39, 0.29) is 23.6 Å². The fourth-order valence-electron chi connectivity index (χ4n) is 2.61. The number of carboxylic acids is 1. The Kier molecular flexibility index (Phi) is 5.73. The number of carboxylic acid groups (broad SMARTS) is 1. The van der Waals surface area contributed by atoms with Gasteiger partial charge in [0.2, 0.25) is 10.0 Å². The van der Waals surface area contributed by atoms with Gasteiger partial charge in [-0.05, 0) is 47.5 Å². The zero-order valence-electron chi connectivity index (χ0n) is 14.5. The topological polar surface area (TPSA) is 92.7 Å². The van der Waals surface area contributed by atoms with E-state index in [9.17, 15) is 13.2 Å². The molecular weight excluding hydrogens is 366 g/mol. The Bertz CT molecular complexity index is 1060. The summed E-state index contributed by atoms with van der Waals surface area (Å²) in [5, 5.41) is 10.8. The molecule has 0 spiro atoms. The summed E-state index contributed by atoms with van der Waals surface area (Å²) in [6.45, 7) is 0.483. The minimum atomic E-state index is -3.60. The summed E-state index contributed by atoms with van der Waals surface area (Å²) in [5.74, 6) is -0.587. The molecule has 0 saturated carbocycles. The van der Waals surface area contributed by atoms with Crippen LogP contribution in [0.2, 0.25) is 0 Å². The van der Waals surface area contributed by atoms with Gasteiger partial charge >= 0.3 is 5.97 Å². The minimum absolute atomic E-state index is 0.143. The van der Waals surface area contributed by atoms with E-state index in [4.69, 9.17) is 9.84 Å². The molecule has 0 atom stereocenters. The van der Waals surface area contributed by atoms with Gasteiger partial charge in [-0.2, -0.15) is 0 Å². The second-order valence-corrected chi connectivity index (χ2v) is 7.71. The fraction of sp³-hybridized carbons (Fsp3) is 0.150. The van der Waals surface area contributed by atoms with Crippen molar-refractivity contribution in [2.24, 2.45) is 0 Å². The monoisotopic (exact) mass is 385 g/mol. The molecule has 0 bridgehead atoms. The molecule has 3 aromatic carbocycles. The average Bonchev–Trinajstić information content (AvgIpc) is 2.67. The van der Waals surface area contributed by atoms with Gasteiger partial charge in [-0.15, -0.1) is 0 Å². The van der Waals surface area contributed by atoms with E-state index in [2.05, 4.69) is 4.72 Å². The van der Waals surface area contributed by atoms with Gasteiger partial charge in [-0.3, -0.25) is 0 Å². The minimum Gasteiger partial charge on any atom is -0.494 e. The second-order valence-electron chi connectivity index (χ2n) is 5.94. The molecule has 0 radical (unpaired) electrons. The van der Waals surface area contributed by atoms with Crippen molar-refractivity contribution in [2.45, 2.75) is 11.3 Å². The largest absolute Gasteiger partial charge is 0.494 e. The second kappa shape index (κ2) is 8.20. The molecule has 0 aliphatic rings. The lowest BCUT2D eigenvalue weighted by molar-refractivity contribution is 0.0696. The molecule has 2 N–H and O–H groups in total. The lowest BCUT2D eigenvalue weighted by Gasteiger charge is -2.09. The average molecular weight is 385 g/mol. The molecule has 0 aliphatic carbocycles. The number of aromatic carboxylic acids is 1. The Morgan fingerprint density at radius 2 is 1.74 bits per heavy atom. The van der Waals surface area contributed by atoms with E-state index >= 15 is 0 Å². The molecule has 6 nitrogen and oxygen atoms in total. The molecular formula is C20H19NO5S. The van der Waals surface area contributed by atoms with Crippen LogP contribution in [-0.2, 0) is 10.0 Å². The molecule has 0 saturated heterocycles. The number of fused-ring (bicyclic) bond motifs is 1. The Hall–Kier alpha value is -2.90. The van der Waals surface area contributed by atoms with Gasteiger partial charge in [0.25, 0.3) is 0 Å². The molecule has 0 aromatic heterocycles. The Labute approximate surface area is 157 Å². The zero-order chi connectivity index (χ0) is 19.3. The number of nitrogens with one attached hydrogen (secondary N) is 1. The third kappa shape index (κ3) is 4.84. The van der Waals surface area contributed by atoms with Crippen molar-refractivity contribution >= 4 is 26.8 Å². The zero-order valence-corrected chi connectivity index (χ0v) is 15.3. The van der Waals surface area contributed by atoms with Crippen LogP contribution in [0.1, 0.15) is 16.8 Å². The summed E-state index contributed by atoms with van der Waals surface area (Å²) in [7, 11) is -3.60. The maximum absolute atomic E-state index is 12.4. The quantitative estimate of drug-likeness (QED) is 0.581. The Morgan fingerprint density at radius 3 is 2.52 bits per heavy atom. The van der Waals surface area contributed by atoms with Crippen LogP contribution in [0.25, 0.3) is 10.8 Å². The van der Waals surface area contributed by atoms with Crippen LogP contribution in [0.3, 0.4) is 0 Å². The standard InChI is InChI=1S/C20H19NO5S/c22-20(23)17-7-3-8-18(13-17)26-12-4-11-21-27(24,25)19-10-9-15-5-1-2-6-16(15)14-19/h1-3,5-10,13-14,21H,4,11-12H2,(H,22,23). The first-order valence-corrected chi connectivity index (χ1v) is 9.89. The SMILES string of the molecule is O=C(O)c1cccc(OCCCNS(=O)(=O)c2ccc3ccccc3c2)c1. The van der Waals surface area contributed by atoms with E-state index < -0.39 is 16.0 Å². The van der Waals surface area contributed by atoms with E-state index in [0.717, 1.165) is 10.8 Å². The number of ether oxygens (including phenoxy) is 1. The third-order valence-electron chi connectivity index (χ3n) is 3.99. The van der Waals surface area contributed by atoms with Crippen LogP contribution >= 0.6 is 0 Å². The highest BCUT2D eigenvalue weighted by molar-refractivity contribution is 7.89. The molecule has 0 aliphatic heterocycles. The Balaban J connectivity index is 1.53. The summed E-state index contributed by atoms with van der Waals surface area (Å²) >= 11 is 0. The van der Waals surface area contributed by atoms with Gasteiger partial charge in [0.15, 0.2) is 0 Å². The van der Waals surface area contributed by atoms with Gasteiger partial charge in [-0.25, -0.2) is 17.9 Å². The third-order valence-corrected chi connectivity index (χ3v) is 5.45. The molecule has 7 heteroatoms. The number of carbonyl (C=O) groups is 1. The lowest BCUT2D eigenvalue weighted by Crippen LogP contribution is -2.25. The highest BCUT2D eigenvalue weighted by atomic mass is 32.2. The molecule has 0 unspecified atom stereocenters. The van der Waals surface area contributed by atoms with E-state index in [0.29, 0.717) is 12.2 Å². The first kappa shape index (κ1) is 18.9. The van der Waals surface area contributed by atoms with Gasteiger partial charge in [0, 0.05) is 6.54 Å². The number of benzene rings is 3. The summed E-state index contributed by atoms with van der Waals surface area (Å²) < 4.78 is 32.9. The highest BCUT2D eigenvalue weighted by Crippen LogP contribution is 2.19. The summed E-state index contributed by atoms with van der Waals surface area (Å²) in [6.07, 6.45) is 0.449. The van der Waals surface area contributed by atoms with Crippen molar-refractivity contribution in [3.8, 4) is 5.75 Å². The first-order chi connectivity index (χ1) is 13.0. The van der Waals surface area contributed by atoms with E-state index in [1.54, 1.807) is 30.3 Å². The van der Waals surface area contributed by atoms with Crippen LogP contribution in [0.4, 0.5) is 0 Å². The van der Waals surface area contributed by atoms with Crippen molar-refractivity contribution in [3.05, 3.63) is 72.3 Å². The van der Waals surface area contributed by atoms with Crippen molar-refractivity contribution in [3.63, 3.8) is 0 Å². The summed E-state index contributed by atoms with van der Waals surface area (Å²) in [4.78, 5) is 11.1. The van der Waals surface area contributed by atoms with Crippen molar-refractivity contribution < 1.29 is 23.1 Å². The smallest absolute Gasteiger partial charge is 0.335 e. The predicted molar refractivity (Wildman–Crippen MR) is 103 cm³/mol. The van der Waals surface area contributed by atoms with Gasteiger partial charge in [0.1, 0.15) is 5.75 Å². The lowest BCUT2D eigenvalue weighted by atomic mass is 10.1. The van der Waals surface area contributed by atoms with E-state index in [1.807, 2.05) is 24.3 Å². The molecule has 0 amide bonds. The summed E-state index contributed by atoms with van der Waals surface area (Å²) in [5.41, 5.74) is 0.143. The van der Waals surface area contributed by atoms with Crippen molar-refractivity contribution in [1.82, 2.24) is 4.72 Å². The normalized spacial score (nSPS) is 11.4. The number of rotatable bonds is 8. The maximum atomic E-state index is 12.4. The van der Waals surface area contributed by atoms with Gasteiger partial charge < -0.3 is 9.84 Å². The molecule has 0 fully saturated rings. The van der Waals surface area contributed by atoms with Crippen LogP contribution in [0, 0.1) is 0 Å². The van der Waals surface area contributed by atoms with Crippen LogP contribution in [0.5, 0.6) is 5.75 Å².